The molecule has 1 amide bonds. The van der Waals surface area contributed by atoms with Crippen LogP contribution in [0.2, 0.25) is 0 Å². The molecule has 30 heavy (non-hydrogen) atoms. The van der Waals surface area contributed by atoms with Crippen LogP contribution in [-0.4, -0.2) is 70.8 Å². The molecule has 170 valence electrons. The van der Waals surface area contributed by atoms with E-state index in [-0.39, 0.29) is 0 Å². The molecular weight excluding hydrogens is 473 g/mol. The molecule has 0 aromatic heterocycles. The minimum absolute atomic E-state index is 0.460. The first kappa shape index (κ1) is 26.2. The van der Waals surface area contributed by atoms with Crippen molar-refractivity contribution in [3.8, 4) is 0 Å². The van der Waals surface area contributed by atoms with Crippen LogP contribution in [0.1, 0.15) is 27.7 Å². The first-order valence-corrected chi connectivity index (χ1v) is 9.54. The largest absolute Gasteiger partial charge is 0.463 e. The van der Waals surface area contributed by atoms with Crippen LogP contribution in [0.5, 0.6) is 0 Å². The van der Waals surface area contributed by atoms with Crippen molar-refractivity contribution in [2.45, 2.75) is 62.1 Å². The highest BCUT2D eigenvalue weighted by Gasteiger charge is 2.53. The van der Waals surface area contributed by atoms with Crippen LogP contribution >= 0.6 is 34.8 Å². The summed E-state index contributed by atoms with van der Waals surface area (Å²) in [5, 5.41) is 2.20. The van der Waals surface area contributed by atoms with Gasteiger partial charge in [-0.05, 0) is 0 Å². The minimum atomic E-state index is -2.40. The molecule has 0 saturated carbocycles. The summed E-state index contributed by atoms with van der Waals surface area (Å²) < 4.78 is 23.6. The Bertz CT molecular complexity index is 695. The number of ether oxygens (including phenoxy) is 5. The van der Waals surface area contributed by atoms with E-state index in [0.717, 1.165) is 27.7 Å². The molecule has 0 aromatic carbocycles. The summed E-state index contributed by atoms with van der Waals surface area (Å²) in [5.74, 6) is -4.29. The second-order valence-electron chi connectivity index (χ2n) is 6.09. The molecule has 0 aliphatic carbocycles. The van der Waals surface area contributed by atoms with Crippen molar-refractivity contribution in [1.82, 2.24) is 5.32 Å². The molecule has 5 atom stereocenters. The third-order valence-electron chi connectivity index (χ3n) is 3.52. The number of rotatable bonds is 6. The Hall–Kier alpha value is -1.82. The Labute approximate surface area is 186 Å². The summed E-state index contributed by atoms with van der Waals surface area (Å²) in [7, 11) is 0. The van der Waals surface area contributed by atoms with E-state index in [1.807, 2.05) is 0 Å². The van der Waals surface area contributed by atoms with Crippen LogP contribution in [0.15, 0.2) is 0 Å². The molecule has 1 N–H and O–H groups in total. The maximum absolute atomic E-state index is 12.1. The van der Waals surface area contributed by atoms with Crippen LogP contribution in [0, 0.1) is 0 Å². The molecule has 1 rings (SSSR count). The van der Waals surface area contributed by atoms with Crippen molar-refractivity contribution in [2.24, 2.45) is 0 Å². The minimum Gasteiger partial charge on any atom is -0.463 e. The van der Waals surface area contributed by atoms with Gasteiger partial charge in [0.2, 0.25) is 0 Å². The third kappa shape index (κ3) is 8.13. The predicted molar refractivity (Wildman–Crippen MR) is 100 cm³/mol. The van der Waals surface area contributed by atoms with Gasteiger partial charge in [-0.2, -0.15) is 0 Å². The highest BCUT2D eigenvalue weighted by molar-refractivity contribution is 6.76. The van der Waals surface area contributed by atoms with Gasteiger partial charge in [0.25, 0.3) is 9.70 Å². The summed E-state index contributed by atoms with van der Waals surface area (Å²) in [6.45, 7) is 3.84. The monoisotopic (exact) mass is 491 g/mol. The van der Waals surface area contributed by atoms with Gasteiger partial charge in [-0.15, -0.1) is 0 Å². The van der Waals surface area contributed by atoms with Crippen molar-refractivity contribution < 1.29 is 47.7 Å². The van der Waals surface area contributed by atoms with Gasteiger partial charge in [-0.1, -0.05) is 34.8 Å². The van der Waals surface area contributed by atoms with Gasteiger partial charge < -0.3 is 29.0 Å². The molecule has 1 unspecified atom stereocenters. The number of hydrogen-bond donors (Lipinski definition) is 1. The number of amides is 1. The van der Waals surface area contributed by atoms with Crippen molar-refractivity contribution in [3.63, 3.8) is 0 Å². The smallest absolute Gasteiger partial charge is 0.303 e. The fourth-order valence-corrected chi connectivity index (χ4v) is 2.72. The number of esters is 4. The normalized spacial score (nSPS) is 26.2. The second kappa shape index (κ2) is 11.0. The Balaban J connectivity index is 3.37. The van der Waals surface area contributed by atoms with Crippen LogP contribution in [-0.2, 0) is 47.7 Å². The zero-order valence-electron chi connectivity index (χ0n) is 16.3. The maximum Gasteiger partial charge on any atom is 0.303 e. The van der Waals surface area contributed by atoms with Crippen LogP contribution in [0.3, 0.4) is 0 Å². The number of nitrogens with one attached hydrogen (secondary N) is 1. The Kier molecular flexibility index (Phi) is 9.60. The zero-order chi connectivity index (χ0) is 23.2. The lowest BCUT2D eigenvalue weighted by atomic mass is 9.97. The molecule has 0 spiro atoms. The fourth-order valence-electron chi connectivity index (χ4n) is 2.56. The average molecular weight is 493 g/mol. The number of alkyl halides is 3. The Morgan fingerprint density at radius 2 is 1.27 bits per heavy atom. The molecule has 1 fully saturated rings. The number of hydrogen-bond acceptors (Lipinski definition) is 10. The second-order valence-corrected chi connectivity index (χ2v) is 8.37. The lowest BCUT2D eigenvalue weighted by Gasteiger charge is -2.44. The van der Waals surface area contributed by atoms with E-state index < -0.39 is 70.8 Å². The first-order valence-electron chi connectivity index (χ1n) is 8.40. The number of carbonyl (C=O) groups is 5. The van der Waals surface area contributed by atoms with Gasteiger partial charge in [0.05, 0.1) is 0 Å². The Morgan fingerprint density at radius 1 is 0.800 bits per heavy atom. The zero-order valence-corrected chi connectivity index (χ0v) is 18.6. The van der Waals surface area contributed by atoms with E-state index in [1.54, 1.807) is 0 Å². The van der Waals surface area contributed by atoms with Crippen LogP contribution < -0.4 is 5.32 Å². The standard InChI is InChI=1S/C16H20Cl3NO10/c1-6(21)26-5-10-11(27-7(2)22)12(28-8(3)23)13(29-9(4)24)14(30-10)20-15(25)16(17,18)19/h10-14H,5H2,1-4H3,(H,20,25)/t10-,11-,12+,13-,14?/m1/s1. The first-order chi connectivity index (χ1) is 13.7. The topological polar surface area (TPSA) is 144 Å². The lowest BCUT2D eigenvalue weighted by molar-refractivity contribution is -0.256. The van der Waals surface area contributed by atoms with E-state index in [4.69, 9.17) is 58.5 Å². The van der Waals surface area contributed by atoms with Crippen LogP contribution in [0.25, 0.3) is 0 Å². The molecule has 1 saturated heterocycles. The van der Waals surface area contributed by atoms with E-state index >= 15 is 0 Å². The SMILES string of the molecule is CC(=O)OC[C@H]1OC(NC(=O)C(Cl)(Cl)Cl)[C@H](OC(C)=O)[C@@H](OC(C)=O)[C@@H]1OC(C)=O. The van der Waals surface area contributed by atoms with Crippen molar-refractivity contribution in [1.29, 1.82) is 0 Å². The van der Waals surface area contributed by atoms with Gasteiger partial charge in [0.15, 0.2) is 24.5 Å². The molecule has 0 radical (unpaired) electrons. The molecular formula is C16H20Cl3NO10. The molecule has 0 bridgehead atoms. The third-order valence-corrected chi connectivity index (χ3v) is 4.04. The predicted octanol–water partition coefficient (Wildman–Crippen LogP) is 0.556. The summed E-state index contributed by atoms with van der Waals surface area (Å²) in [4.78, 5) is 58.2. The highest BCUT2D eigenvalue weighted by Crippen LogP contribution is 2.31. The summed E-state index contributed by atoms with van der Waals surface area (Å²) >= 11 is 16.6. The van der Waals surface area contributed by atoms with E-state index in [9.17, 15) is 24.0 Å². The quantitative estimate of drug-likeness (QED) is 0.317. The molecule has 0 aromatic rings. The van der Waals surface area contributed by atoms with Gasteiger partial charge in [-0.25, -0.2) is 0 Å². The van der Waals surface area contributed by atoms with Gasteiger partial charge >= 0.3 is 23.9 Å². The van der Waals surface area contributed by atoms with Crippen LogP contribution in [0.4, 0.5) is 0 Å². The molecule has 11 nitrogen and oxygen atoms in total. The van der Waals surface area contributed by atoms with E-state index in [2.05, 4.69) is 5.32 Å². The van der Waals surface area contributed by atoms with E-state index in [1.165, 1.54) is 0 Å². The van der Waals surface area contributed by atoms with Gasteiger partial charge in [0, 0.05) is 27.7 Å². The van der Waals surface area contributed by atoms with Crippen molar-refractivity contribution >= 4 is 64.6 Å². The lowest BCUT2D eigenvalue weighted by Crippen LogP contribution is -2.66. The average Bonchev–Trinajstić information content (AvgIpc) is 2.56. The molecule has 1 aliphatic rings. The highest BCUT2D eigenvalue weighted by atomic mass is 35.6. The fraction of sp³-hybridized carbons (Fsp3) is 0.688. The molecule has 1 aliphatic heterocycles. The van der Waals surface area contributed by atoms with Crippen molar-refractivity contribution in [3.05, 3.63) is 0 Å². The van der Waals surface area contributed by atoms with Crippen molar-refractivity contribution in [2.75, 3.05) is 6.61 Å². The molecule has 14 heteroatoms. The van der Waals surface area contributed by atoms with E-state index in [0.29, 0.717) is 0 Å². The Morgan fingerprint density at radius 3 is 1.70 bits per heavy atom. The maximum atomic E-state index is 12.1. The number of halogens is 3. The summed E-state index contributed by atoms with van der Waals surface area (Å²) in [6.07, 6.45) is -7.08. The van der Waals surface area contributed by atoms with Gasteiger partial charge in [0.1, 0.15) is 12.7 Å². The summed E-state index contributed by atoms with van der Waals surface area (Å²) in [6, 6.07) is 0. The van der Waals surface area contributed by atoms with Gasteiger partial charge in [-0.3, -0.25) is 24.0 Å². The molecule has 1 heterocycles. The summed E-state index contributed by atoms with van der Waals surface area (Å²) in [5.41, 5.74) is 0. The number of carbonyl (C=O) groups excluding carboxylic acids is 5.